The van der Waals surface area contributed by atoms with Crippen LogP contribution < -0.4 is 11.5 Å². The fourth-order valence-corrected chi connectivity index (χ4v) is 1.80. The van der Waals surface area contributed by atoms with E-state index < -0.39 is 11.7 Å². The molecule has 0 amide bonds. The van der Waals surface area contributed by atoms with E-state index in [2.05, 4.69) is 4.98 Å². The molecular weight excluding hydrogens is 250 g/mol. The highest BCUT2D eigenvalue weighted by Gasteiger charge is 2.22. The van der Waals surface area contributed by atoms with Gasteiger partial charge in [0.05, 0.1) is 11.9 Å². The van der Waals surface area contributed by atoms with Crippen molar-refractivity contribution in [2.75, 3.05) is 5.73 Å². The molecular formula is C12H9N3O4. The Balaban J connectivity index is 2.26. The third-order valence-electron chi connectivity index (χ3n) is 2.64. The van der Waals surface area contributed by atoms with Crippen LogP contribution in [-0.4, -0.2) is 15.5 Å². The molecule has 0 atom stereocenters. The van der Waals surface area contributed by atoms with Crippen LogP contribution in [0, 0.1) is 6.92 Å². The number of fused-ring (bicyclic) bond motifs is 1. The molecule has 0 spiro atoms. The smallest absolute Gasteiger partial charge is 0.427 e. The van der Waals surface area contributed by atoms with Gasteiger partial charge in [-0.25, -0.2) is 14.3 Å². The number of hydrogen-bond donors (Lipinski definition) is 1. The summed E-state index contributed by atoms with van der Waals surface area (Å²) in [7, 11) is 0. The molecule has 0 unspecified atom stereocenters. The Labute approximate surface area is 106 Å². The molecule has 7 nitrogen and oxygen atoms in total. The van der Waals surface area contributed by atoms with Crippen LogP contribution in [0.3, 0.4) is 0 Å². The average molecular weight is 259 g/mol. The molecule has 0 bridgehead atoms. The minimum absolute atomic E-state index is 0.170. The number of oxazole rings is 2. The molecule has 2 N–H and O–H groups in total. The Kier molecular flexibility index (Phi) is 2.28. The fourth-order valence-electron chi connectivity index (χ4n) is 1.80. The third-order valence-corrected chi connectivity index (χ3v) is 2.64. The summed E-state index contributed by atoms with van der Waals surface area (Å²) in [5, 5.41) is 0. The second-order valence-corrected chi connectivity index (χ2v) is 3.98. The van der Waals surface area contributed by atoms with E-state index in [4.69, 9.17) is 14.6 Å². The highest BCUT2D eigenvalue weighted by molar-refractivity contribution is 5.99. The summed E-state index contributed by atoms with van der Waals surface area (Å²) in [4.78, 5) is 27.7. The van der Waals surface area contributed by atoms with E-state index in [9.17, 15) is 9.59 Å². The molecule has 2 aromatic heterocycles. The zero-order valence-corrected chi connectivity index (χ0v) is 9.91. The van der Waals surface area contributed by atoms with Crippen LogP contribution in [0.2, 0.25) is 0 Å². The van der Waals surface area contributed by atoms with Crippen molar-refractivity contribution in [1.29, 1.82) is 0 Å². The predicted molar refractivity (Wildman–Crippen MR) is 65.9 cm³/mol. The van der Waals surface area contributed by atoms with Gasteiger partial charge in [-0.2, -0.15) is 0 Å². The Bertz CT molecular complexity index is 840. The van der Waals surface area contributed by atoms with Gasteiger partial charge in [-0.15, -0.1) is 0 Å². The van der Waals surface area contributed by atoms with Crippen LogP contribution in [0.5, 0.6) is 0 Å². The number of carbonyl (C=O) groups is 1. The number of rotatable bonds is 1. The number of hydrogen-bond acceptors (Lipinski definition) is 6. The zero-order chi connectivity index (χ0) is 13.6. The lowest BCUT2D eigenvalue weighted by Gasteiger charge is -1.97. The summed E-state index contributed by atoms with van der Waals surface area (Å²) in [5.74, 6) is -1.22. The van der Waals surface area contributed by atoms with Gasteiger partial charge in [-0.3, -0.25) is 4.79 Å². The molecule has 7 heteroatoms. The molecule has 0 fully saturated rings. The summed E-state index contributed by atoms with van der Waals surface area (Å²) < 4.78 is 10.9. The van der Waals surface area contributed by atoms with Crippen molar-refractivity contribution >= 4 is 22.7 Å². The SMILES string of the molecule is Cc1cnc(C(=O)n2c(=O)oc3c(N)cccc32)o1. The van der Waals surface area contributed by atoms with Crippen molar-refractivity contribution in [3.63, 3.8) is 0 Å². The number of carbonyl (C=O) groups excluding carboxylic acids is 1. The van der Waals surface area contributed by atoms with Crippen LogP contribution in [0.4, 0.5) is 5.69 Å². The predicted octanol–water partition coefficient (Wildman–Crippen LogP) is 1.16. The summed E-state index contributed by atoms with van der Waals surface area (Å²) in [6, 6.07) is 4.76. The molecule has 0 saturated carbocycles. The summed E-state index contributed by atoms with van der Waals surface area (Å²) in [6.45, 7) is 1.65. The molecule has 19 heavy (non-hydrogen) atoms. The summed E-state index contributed by atoms with van der Waals surface area (Å²) >= 11 is 0. The quantitative estimate of drug-likeness (QED) is 0.657. The number of para-hydroxylation sites is 1. The van der Waals surface area contributed by atoms with Crippen LogP contribution in [0.1, 0.15) is 16.4 Å². The number of nitrogen functional groups attached to an aromatic ring is 1. The van der Waals surface area contributed by atoms with Gasteiger partial charge in [0, 0.05) is 0 Å². The number of nitrogens with zero attached hydrogens (tertiary/aromatic N) is 2. The maximum absolute atomic E-state index is 12.2. The molecule has 0 radical (unpaired) electrons. The van der Waals surface area contributed by atoms with Gasteiger partial charge in [0.25, 0.3) is 5.89 Å². The molecule has 0 aliphatic carbocycles. The Morgan fingerprint density at radius 2 is 2.16 bits per heavy atom. The van der Waals surface area contributed by atoms with E-state index >= 15 is 0 Å². The molecule has 0 aliphatic heterocycles. The topological polar surface area (TPSA) is 104 Å². The number of aromatic nitrogens is 2. The van der Waals surface area contributed by atoms with Gasteiger partial charge >= 0.3 is 11.7 Å². The Morgan fingerprint density at radius 3 is 2.84 bits per heavy atom. The van der Waals surface area contributed by atoms with E-state index in [0.717, 1.165) is 4.57 Å². The highest BCUT2D eigenvalue weighted by atomic mass is 16.4. The van der Waals surface area contributed by atoms with Crippen molar-refractivity contribution in [1.82, 2.24) is 9.55 Å². The first-order valence-electron chi connectivity index (χ1n) is 5.45. The van der Waals surface area contributed by atoms with Crippen LogP contribution >= 0.6 is 0 Å². The molecule has 1 aromatic carbocycles. The van der Waals surface area contributed by atoms with E-state index in [1.54, 1.807) is 25.1 Å². The molecule has 0 aliphatic rings. The lowest BCUT2D eigenvalue weighted by Crippen LogP contribution is -2.23. The van der Waals surface area contributed by atoms with E-state index in [1.807, 2.05) is 0 Å². The van der Waals surface area contributed by atoms with E-state index in [-0.39, 0.29) is 22.7 Å². The number of benzene rings is 1. The minimum Gasteiger partial charge on any atom is -0.438 e. The third kappa shape index (κ3) is 1.63. The molecule has 3 rings (SSSR count). The largest absolute Gasteiger partial charge is 0.438 e. The second kappa shape index (κ2) is 3.84. The number of anilines is 1. The Hall–Kier alpha value is -2.83. The molecule has 96 valence electrons. The van der Waals surface area contributed by atoms with Gasteiger partial charge in [-0.05, 0) is 19.1 Å². The maximum Gasteiger partial charge on any atom is 0.427 e. The van der Waals surface area contributed by atoms with E-state index in [0.29, 0.717) is 5.76 Å². The van der Waals surface area contributed by atoms with Crippen molar-refractivity contribution in [2.45, 2.75) is 6.92 Å². The first kappa shape index (κ1) is 11.3. The first-order chi connectivity index (χ1) is 9.08. The van der Waals surface area contributed by atoms with Gasteiger partial charge in [0.15, 0.2) is 5.58 Å². The van der Waals surface area contributed by atoms with Gasteiger partial charge < -0.3 is 14.6 Å². The maximum atomic E-state index is 12.2. The van der Waals surface area contributed by atoms with Crippen LogP contribution in [0.25, 0.3) is 11.1 Å². The van der Waals surface area contributed by atoms with Crippen molar-refractivity contribution < 1.29 is 13.6 Å². The fraction of sp³-hybridized carbons (Fsp3) is 0.0833. The molecule has 2 heterocycles. The lowest BCUT2D eigenvalue weighted by molar-refractivity contribution is 0.0920. The Morgan fingerprint density at radius 1 is 1.37 bits per heavy atom. The van der Waals surface area contributed by atoms with Crippen molar-refractivity contribution in [2.24, 2.45) is 0 Å². The second-order valence-electron chi connectivity index (χ2n) is 3.98. The van der Waals surface area contributed by atoms with E-state index in [1.165, 1.54) is 6.20 Å². The molecule has 3 aromatic rings. The van der Waals surface area contributed by atoms with Crippen molar-refractivity contribution in [3.8, 4) is 0 Å². The number of nitrogens with two attached hydrogens (primary N) is 1. The van der Waals surface area contributed by atoms with Crippen LogP contribution in [0.15, 0.2) is 38.0 Å². The average Bonchev–Trinajstić information content (AvgIpc) is 2.93. The van der Waals surface area contributed by atoms with Gasteiger partial charge in [0.1, 0.15) is 11.3 Å². The first-order valence-corrected chi connectivity index (χ1v) is 5.45. The summed E-state index contributed by atoms with van der Waals surface area (Å²) in [5.41, 5.74) is 6.42. The number of aryl methyl sites for hydroxylation is 1. The van der Waals surface area contributed by atoms with Crippen LogP contribution in [-0.2, 0) is 0 Å². The van der Waals surface area contributed by atoms with Crippen molar-refractivity contribution in [3.05, 3.63) is 46.6 Å². The zero-order valence-electron chi connectivity index (χ0n) is 9.91. The lowest BCUT2D eigenvalue weighted by atomic mass is 10.3. The minimum atomic E-state index is -0.825. The molecule has 0 saturated heterocycles. The summed E-state index contributed by atoms with van der Waals surface area (Å²) in [6.07, 6.45) is 1.40. The van der Waals surface area contributed by atoms with Gasteiger partial charge in [-0.1, -0.05) is 6.07 Å². The highest BCUT2D eigenvalue weighted by Crippen LogP contribution is 2.20. The monoisotopic (exact) mass is 259 g/mol. The standard InChI is InChI=1S/C12H9N3O4/c1-6-5-14-10(18-6)11(16)15-8-4-2-3-7(13)9(8)19-12(15)17/h2-5H,13H2,1H3. The van der Waals surface area contributed by atoms with Gasteiger partial charge in [0.2, 0.25) is 0 Å². The normalized spacial score (nSPS) is 11.0.